The predicted molar refractivity (Wildman–Crippen MR) is 61.8 cm³/mol. The number of allylic oxidation sites excluding steroid dienone is 1. The molecule has 0 aliphatic rings. The van der Waals surface area contributed by atoms with Crippen molar-refractivity contribution in [2.45, 2.75) is 26.7 Å². The third kappa shape index (κ3) is 6.98. The van der Waals surface area contributed by atoms with Gasteiger partial charge in [-0.2, -0.15) is 0 Å². The largest absolute Gasteiger partial charge is 0.469 e. The summed E-state index contributed by atoms with van der Waals surface area (Å²) < 4.78 is 17.7. The second-order valence-corrected chi connectivity index (χ2v) is 3.60. The summed E-state index contributed by atoms with van der Waals surface area (Å²) >= 11 is 0. The van der Waals surface area contributed by atoms with E-state index in [9.17, 15) is 9.18 Å². The molecule has 0 aromatic carbocycles. The van der Waals surface area contributed by atoms with Crippen LogP contribution in [0.2, 0.25) is 0 Å². The first-order chi connectivity index (χ1) is 7.47. The molecule has 4 nitrogen and oxygen atoms in total. The summed E-state index contributed by atoms with van der Waals surface area (Å²) in [5, 5.41) is 0. The molecule has 2 N–H and O–H groups in total. The van der Waals surface area contributed by atoms with Crippen LogP contribution in [0.5, 0.6) is 0 Å². The van der Waals surface area contributed by atoms with E-state index in [1.54, 1.807) is 13.8 Å². The second kappa shape index (κ2) is 7.84. The van der Waals surface area contributed by atoms with Crippen molar-refractivity contribution in [3.8, 4) is 0 Å². The Morgan fingerprint density at radius 1 is 1.62 bits per heavy atom. The van der Waals surface area contributed by atoms with E-state index in [0.29, 0.717) is 12.3 Å². The zero-order valence-corrected chi connectivity index (χ0v) is 10.00. The van der Waals surface area contributed by atoms with E-state index < -0.39 is 0 Å². The number of nitrogens with zero attached hydrogens (tertiary/aromatic N) is 1. The van der Waals surface area contributed by atoms with E-state index in [1.165, 1.54) is 13.2 Å². The lowest BCUT2D eigenvalue weighted by Crippen LogP contribution is -2.12. The molecule has 0 saturated carbocycles. The van der Waals surface area contributed by atoms with Crippen molar-refractivity contribution in [2.75, 3.05) is 13.7 Å². The van der Waals surface area contributed by atoms with Crippen LogP contribution in [0.3, 0.4) is 0 Å². The number of carbonyl (C=O) groups is 1. The van der Waals surface area contributed by atoms with Crippen LogP contribution in [0.15, 0.2) is 16.9 Å². The maximum Gasteiger partial charge on any atom is 0.308 e. The number of ether oxygens (including phenoxy) is 1. The van der Waals surface area contributed by atoms with Gasteiger partial charge < -0.3 is 10.5 Å². The standard InChI is InChI=1S/C11H19FN2O2/c1-8(11(15)16-3)4-5-10(12)6-7-14-9(2)13/h6,8H,4-5,7H2,1-3H3,(H2,13,14)/b10-6+. The molecule has 0 aromatic rings. The highest BCUT2D eigenvalue weighted by atomic mass is 19.1. The lowest BCUT2D eigenvalue weighted by molar-refractivity contribution is -0.145. The van der Waals surface area contributed by atoms with Gasteiger partial charge in [0, 0.05) is 0 Å². The van der Waals surface area contributed by atoms with Gasteiger partial charge >= 0.3 is 5.97 Å². The summed E-state index contributed by atoms with van der Waals surface area (Å²) in [5.74, 6) is -0.458. The molecule has 0 aliphatic carbocycles. The molecule has 0 aromatic heterocycles. The van der Waals surface area contributed by atoms with E-state index in [1.807, 2.05) is 0 Å². The minimum absolute atomic E-state index is 0.218. The predicted octanol–water partition coefficient (Wildman–Crippen LogP) is 1.81. The van der Waals surface area contributed by atoms with Gasteiger partial charge in [0.2, 0.25) is 0 Å². The molecule has 0 spiro atoms. The summed E-state index contributed by atoms with van der Waals surface area (Å²) in [6, 6.07) is 0. The average molecular weight is 230 g/mol. The topological polar surface area (TPSA) is 64.7 Å². The highest BCUT2D eigenvalue weighted by molar-refractivity contribution is 5.77. The summed E-state index contributed by atoms with van der Waals surface area (Å²) in [5.41, 5.74) is 5.30. The zero-order valence-electron chi connectivity index (χ0n) is 10.00. The number of halogens is 1. The molecule has 0 rings (SSSR count). The lowest BCUT2D eigenvalue weighted by atomic mass is 10.1. The number of methoxy groups -OCH3 is 1. The molecule has 1 unspecified atom stereocenters. The van der Waals surface area contributed by atoms with E-state index in [0.717, 1.165) is 0 Å². The van der Waals surface area contributed by atoms with E-state index in [2.05, 4.69) is 9.73 Å². The molecule has 0 aliphatic heterocycles. The van der Waals surface area contributed by atoms with Gasteiger partial charge in [0.15, 0.2) is 0 Å². The number of aliphatic imine (C=N–C) groups is 1. The number of amidine groups is 1. The van der Waals surface area contributed by atoms with Crippen LogP contribution in [0.25, 0.3) is 0 Å². The van der Waals surface area contributed by atoms with Crippen molar-refractivity contribution >= 4 is 11.8 Å². The Hall–Kier alpha value is -1.39. The minimum atomic E-state index is -0.316. The van der Waals surface area contributed by atoms with Gasteiger partial charge in [0.25, 0.3) is 0 Å². The molecule has 16 heavy (non-hydrogen) atoms. The highest BCUT2D eigenvalue weighted by Gasteiger charge is 2.13. The Kier molecular flexibility index (Phi) is 7.16. The van der Waals surface area contributed by atoms with Gasteiger partial charge in [0.1, 0.15) is 0 Å². The molecular formula is C11H19FN2O2. The van der Waals surface area contributed by atoms with Crippen LogP contribution in [0, 0.1) is 5.92 Å². The first-order valence-corrected chi connectivity index (χ1v) is 5.16. The number of hydrogen-bond donors (Lipinski definition) is 1. The lowest BCUT2D eigenvalue weighted by Gasteiger charge is -2.07. The SMILES string of the molecule is COC(=O)C(C)CC/C(F)=C\CN=C(C)N. The summed E-state index contributed by atoms with van der Waals surface area (Å²) in [4.78, 5) is 14.9. The first kappa shape index (κ1) is 14.6. The summed E-state index contributed by atoms with van der Waals surface area (Å²) in [6.07, 6.45) is 2.01. The normalized spacial score (nSPS) is 14.8. The smallest absolute Gasteiger partial charge is 0.308 e. The van der Waals surface area contributed by atoms with Gasteiger partial charge in [-0.3, -0.25) is 9.79 Å². The van der Waals surface area contributed by atoms with Crippen LogP contribution < -0.4 is 5.73 Å². The average Bonchev–Trinajstić information content (AvgIpc) is 2.24. The van der Waals surface area contributed by atoms with Crippen molar-refractivity contribution in [3.05, 3.63) is 11.9 Å². The maximum atomic E-state index is 13.2. The molecule has 0 heterocycles. The molecule has 0 bridgehead atoms. The summed E-state index contributed by atoms with van der Waals surface area (Å²) in [7, 11) is 1.32. The Balaban J connectivity index is 3.92. The monoisotopic (exact) mass is 230 g/mol. The van der Waals surface area contributed by atoms with Crippen LogP contribution in [0.1, 0.15) is 26.7 Å². The maximum absolute atomic E-state index is 13.2. The summed E-state index contributed by atoms with van der Waals surface area (Å²) in [6.45, 7) is 3.59. The van der Waals surface area contributed by atoms with E-state index >= 15 is 0 Å². The number of esters is 1. The zero-order chi connectivity index (χ0) is 12.6. The van der Waals surface area contributed by atoms with Crippen molar-refractivity contribution in [1.29, 1.82) is 0 Å². The Morgan fingerprint density at radius 2 is 2.25 bits per heavy atom. The van der Waals surface area contributed by atoms with E-state index in [-0.39, 0.29) is 30.7 Å². The second-order valence-electron chi connectivity index (χ2n) is 3.60. The van der Waals surface area contributed by atoms with Crippen molar-refractivity contribution in [2.24, 2.45) is 16.6 Å². The van der Waals surface area contributed by atoms with Gasteiger partial charge in [0.05, 0.1) is 31.2 Å². The Morgan fingerprint density at radius 3 is 2.75 bits per heavy atom. The third-order valence-electron chi connectivity index (χ3n) is 2.07. The number of rotatable bonds is 6. The van der Waals surface area contributed by atoms with Crippen LogP contribution in [0.4, 0.5) is 4.39 Å². The van der Waals surface area contributed by atoms with Gasteiger partial charge in [-0.05, 0) is 25.8 Å². The van der Waals surface area contributed by atoms with Crippen molar-refractivity contribution in [3.63, 3.8) is 0 Å². The molecule has 0 saturated heterocycles. The molecule has 0 amide bonds. The molecule has 5 heteroatoms. The molecular weight excluding hydrogens is 211 g/mol. The molecule has 0 radical (unpaired) electrons. The fraction of sp³-hybridized carbons (Fsp3) is 0.636. The molecule has 0 fully saturated rings. The first-order valence-electron chi connectivity index (χ1n) is 5.16. The van der Waals surface area contributed by atoms with Crippen molar-refractivity contribution in [1.82, 2.24) is 0 Å². The number of nitrogens with two attached hydrogens (primary N) is 1. The Bertz CT molecular complexity index is 284. The fourth-order valence-electron chi connectivity index (χ4n) is 1.06. The van der Waals surface area contributed by atoms with Crippen LogP contribution in [-0.2, 0) is 9.53 Å². The fourth-order valence-corrected chi connectivity index (χ4v) is 1.06. The van der Waals surface area contributed by atoms with Crippen LogP contribution in [-0.4, -0.2) is 25.5 Å². The van der Waals surface area contributed by atoms with Crippen LogP contribution >= 0.6 is 0 Å². The molecule has 92 valence electrons. The highest BCUT2D eigenvalue weighted by Crippen LogP contribution is 2.13. The Labute approximate surface area is 95.4 Å². The van der Waals surface area contributed by atoms with E-state index in [4.69, 9.17) is 5.73 Å². The minimum Gasteiger partial charge on any atom is -0.469 e. The van der Waals surface area contributed by atoms with Gasteiger partial charge in [-0.1, -0.05) is 6.92 Å². The van der Waals surface area contributed by atoms with Gasteiger partial charge in [-0.25, -0.2) is 4.39 Å². The number of carbonyl (C=O) groups excluding carboxylic acids is 1. The van der Waals surface area contributed by atoms with Crippen molar-refractivity contribution < 1.29 is 13.9 Å². The number of hydrogen-bond acceptors (Lipinski definition) is 3. The van der Waals surface area contributed by atoms with Gasteiger partial charge in [-0.15, -0.1) is 0 Å². The quantitative estimate of drug-likeness (QED) is 0.430. The third-order valence-corrected chi connectivity index (χ3v) is 2.07. The molecule has 1 atom stereocenters.